The van der Waals surface area contributed by atoms with Crippen LogP contribution in [0, 0.1) is 0 Å². The molecule has 0 aromatic carbocycles. The molecule has 0 saturated carbocycles. The minimum atomic E-state index is -1.27. The van der Waals surface area contributed by atoms with Gasteiger partial charge >= 0.3 is 11.9 Å². The van der Waals surface area contributed by atoms with Gasteiger partial charge in [0.1, 0.15) is 12.7 Å². The van der Waals surface area contributed by atoms with Gasteiger partial charge in [-0.1, -0.05) is 96.1 Å². The molecule has 0 aromatic rings. The summed E-state index contributed by atoms with van der Waals surface area (Å²) < 4.78 is 9.89. The highest BCUT2D eigenvalue weighted by molar-refractivity contribution is 5.74. The van der Waals surface area contributed by atoms with Crippen molar-refractivity contribution in [1.29, 1.82) is 0 Å². The van der Waals surface area contributed by atoms with E-state index in [1.54, 1.807) is 0 Å². The SMILES string of the molecule is CCCCCCCC/C=C\CCCCCCCCCCCC(=O)OCC(CO)OC(=O)C(C)O. The van der Waals surface area contributed by atoms with Crippen molar-refractivity contribution in [2.75, 3.05) is 13.2 Å². The van der Waals surface area contributed by atoms with Crippen molar-refractivity contribution in [3.8, 4) is 0 Å². The molecular weight excluding hydrogens is 432 g/mol. The maximum atomic E-state index is 11.8. The Morgan fingerprint density at radius 2 is 1.24 bits per heavy atom. The first-order valence-electron chi connectivity index (χ1n) is 13.8. The number of unbranched alkanes of at least 4 members (excludes halogenated alkanes) is 15. The quantitative estimate of drug-likeness (QED) is 0.0934. The van der Waals surface area contributed by atoms with E-state index in [-0.39, 0.29) is 12.6 Å². The van der Waals surface area contributed by atoms with E-state index in [9.17, 15) is 9.59 Å². The molecule has 6 heteroatoms. The number of esters is 2. The second-order valence-electron chi connectivity index (χ2n) is 9.35. The smallest absolute Gasteiger partial charge is 0.335 e. The van der Waals surface area contributed by atoms with Crippen molar-refractivity contribution in [3.63, 3.8) is 0 Å². The number of carbonyl (C=O) groups excluding carboxylic acids is 2. The van der Waals surface area contributed by atoms with E-state index >= 15 is 0 Å². The minimum absolute atomic E-state index is 0.192. The molecule has 2 atom stereocenters. The lowest BCUT2D eigenvalue weighted by molar-refractivity contribution is -0.167. The van der Waals surface area contributed by atoms with E-state index in [1.165, 1.54) is 96.8 Å². The highest BCUT2D eigenvalue weighted by atomic mass is 16.6. The largest absolute Gasteiger partial charge is 0.462 e. The lowest BCUT2D eigenvalue weighted by Gasteiger charge is -2.16. The molecule has 2 unspecified atom stereocenters. The molecular formula is C28H52O6. The Kier molecular flexibility index (Phi) is 23.7. The third-order valence-electron chi connectivity index (χ3n) is 5.90. The molecule has 0 radical (unpaired) electrons. The average Bonchev–Trinajstić information content (AvgIpc) is 2.82. The number of ether oxygens (including phenoxy) is 2. The highest BCUT2D eigenvalue weighted by Crippen LogP contribution is 2.12. The number of aliphatic hydroxyl groups excluding tert-OH is 2. The second kappa shape index (κ2) is 24.7. The molecule has 2 N–H and O–H groups in total. The Balaban J connectivity index is 3.40. The summed E-state index contributed by atoms with van der Waals surface area (Å²) in [5, 5.41) is 18.3. The predicted octanol–water partition coefficient (Wildman–Crippen LogP) is 6.41. The molecule has 0 aliphatic carbocycles. The van der Waals surface area contributed by atoms with Gasteiger partial charge in [-0.05, 0) is 39.0 Å². The van der Waals surface area contributed by atoms with Crippen molar-refractivity contribution < 1.29 is 29.3 Å². The fourth-order valence-corrected chi connectivity index (χ4v) is 3.69. The van der Waals surface area contributed by atoms with Crippen LogP contribution in [0.3, 0.4) is 0 Å². The van der Waals surface area contributed by atoms with Crippen molar-refractivity contribution in [2.45, 2.75) is 142 Å². The Hall–Kier alpha value is -1.40. The van der Waals surface area contributed by atoms with Crippen LogP contribution in [-0.2, 0) is 19.1 Å². The first kappa shape index (κ1) is 32.6. The highest BCUT2D eigenvalue weighted by Gasteiger charge is 2.19. The maximum Gasteiger partial charge on any atom is 0.335 e. The average molecular weight is 485 g/mol. The molecule has 0 fully saturated rings. The number of hydrogen-bond acceptors (Lipinski definition) is 6. The molecule has 0 aromatic heterocycles. The Morgan fingerprint density at radius 3 is 1.71 bits per heavy atom. The summed E-state index contributed by atoms with van der Waals surface area (Å²) in [6, 6.07) is 0. The molecule has 0 amide bonds. The van der Waals surface area contributed by atoms with Crippen LogP contribution in [0.15, 0.2) is 12.2 Å². The van der Waals surface area contributed by atoms with Crippen LogP contribution < -0.4 is 0 Å². The van der Waals surface area contributed by atoms with Crippen molar-refractivity contribution in [1.82, 2.24) is 0 Å². The maximum absolute atomic E-state index is 11.8. The van der Waals surface area contributed by atoms with Crippen molar-refractivity contribution in [3.05, 3.63) is 12.2 Å². The van der Waals surface area contributed by atoms with E-state index in [1.807, 2.05) is 0 Å². The summed E-state index contributed by atoms with van der Waals surface area (Å²) in [4.78, 5) is 23.1. The van der Waals surface area contributed by atoms with E-state index < -0.39 is 24.8 Å². The number of allylic oxidation sites excluding steroid dienone is 2. The van der Waals surface area contributed by atoms with Crippen LogP contribution in [0.5, 0.6) is 0 Å². The summed E-state index contributed by atoms with van der Waals surface area (Å²) in [6.45, 7) is 2.89. The monoisotopic (exact) mass is 484 g/mol. The van der Waals surface area contributed by atoms with Crippen molar-refractivity contribution in [2.24, 2.45) is 0 Å². The minimum Gasteiger partial charge on any atom is -0.462 e. The molecule has 0 aliphatic heterocycles. The van der Waals surface area contributed by atoms with Crippen LogP contribution in [0.2, 0.25) is 0 Å². The number of carbonyl (C=O) groups is 2. The first-order valence-corrected chi connectivity index (χ1v) is 13.8. The predicted molar refractivity (Wildman–Crippen MR) is 138 cm³/mol. The van der Waals surface area contributed by atoms with Gasteiger partial charge in [-0.3, -0.25) is 4.79 Å². The van der Waals surface area contributed by atoms with E-state index in [4.69, 9.17) is 19.7 Å². The number of hydrogen-bond donors (Lipinski definition) is 2. The molecule has 0 heterocycles. The molecule has 0 bridgehead atoms. The zero-order valence-corrected chi connectivity index (χ0v) is 22.0. The Morgan fingerprint density at radius 1 is 0.765 bits per heavy atom. The van der Waals surface area contributed by atoms with Gasteiger partial charge < -0.3 is 19.7 Å². The Labute approximate surface area is 208 Å². The van der Waals surface area contributed by atoms with Crippen LogP contribution in [0.1, 0.15) is 129 Å². The molecule has 0 saturated heterocycles. The van der Waals surface area contributed by atoms with E-state index in [2.05, 4.69) is 19.1 Å². The normalized spacial score (nSPS) is 13.2. The van der Waals surface area contributed by atoms with Crippen molar-refractivity contribution >= 4 is 11.9 Å². The lowest BCUT2D eigenvalue weighted by atomic mass is 10.1. The third kappa shape index (κ3) is 22.4. The summed E-state index contributed by atoms with van der Waals surface area (Å²) in [5.41, 5.74) is 0. The van der Waals surface area contributed by atoms with Gasteiger partial charge in [-0.25, -0.2) is 4.79 Å². The van der Waals surface area contributed by atoms with Gasteiger partial charge in [-0.2, -0.15) is 0 Å². The standard InChI is InChI=1S/C28H52O6/c1-3-4-5-6-7-8-9-10-11-12-13-14-15-16-17-18-19-20-21-22-27(31)33-24-26(23-29)34-28(32)25(2)30/h10-11,25-26,29-30H,3-9,12-24H2,1-2H3/b11-10-. The molecule has 200 valence electrons. The summed E-state index contributed by atoms with van der Waals surface area (Å²) >= 11 is 0. The van der Waals surface area contributed by atoms with Gasteiger partial charge in [0.05, 0.1) is 6.61 Å². The third-order valence-corrected chi connectivity index (χ3v) is 5.90. The molecule has 34 heavy (non-hydrogen) atoms. The summed E-state index contributed by atoms with van der Waals surface area (Å²) in [6.07, 6.45) is 24.1. The molecule has 0 aliphatic rings. The lowest BCUT2D eigenvalue weighted by Crippen LogP contribution is -2.32. The molecule has 0 rings (SSSR count). The van der Waals surface area contributed by atoms with Crippen LogP contribution in [0.25, 0.3) is 0 Å². The topological polar surface area (TPSA) is 93.1 Å². The zero-order chi connectivity index (χ0) is 25.3. The van der Waals surface area contributed by atoms with E-state index in [0.717, 1.165) is 19.3 Å². The fourth-order valence-electron chi connectivity index (χ4n) is 3.69. The summed E-state index contributed by atoms with van der Waals surface area (Å²) in [7, 11) is 0. The van der Waals surface area contributed by atoms with E-state index in [0.29, 0.717) is 6.42 Å². The van der Waals surface area contributed by atoms with Gasteiger partial charge in [0.15, 0.2) is 6.10 Å². The number of aliphatic hydroxyl groups is 2. The first-order chi connectivity index (χ1) is 16.5. The van der Waals surface area contributed by atoms with Crippen LogP contribution in [0.4, 0.5) is 0 Å². The Bertz CT molecular complexity index is 503. The second-order valence-corrected chi connectivity index (χ2v) is 9.35. The summed E-state index contributed by atoms with van der Waals surface area (Å²) in [5.74, 6) is -1.20. The number of rotatable bonds is 24. The zero-order valence-electron chi connectivity index (χ0n) is 22.0. The van der Waals surface area contributed by atoms with Crippen LogP contribution in [-0.4, -0.2) is 47.6 Å². The van der Waals surface area contributed by atoms with Gasteiger partial charge in [0.2, 0.25) is 0 Å². The fraction of sp³-hybridized carbons (Fsp3) is 0.857. The van der Waals surface area contributed by atoms with Gasteiger partial charge in [-0.15, -0.1) is 0 Å². The van der Waals surface area contributed by atoms with Crippen LogP contribution >= 0.6 is 0 Å². The molecule has 0 spiro atoms. The van der Waals surface area contributed by atoms with Gasteiger partial charge in [0, 0.05) is 6.42 Å². The molecule has 6 nitrogen and oxygen atoms in total. The van der Waals surface area contributed by atoms with Gasteiger partial charge in [0.25, 0.3) is 0 Å².